The zero-order chi connectivity index (χ0) is 26.4. The zero-order valence-electron chi connectivity index (χ0n) is 22.6. The highest BCUT2D eigenvalue weighted by atomic mass is 16.5. The molecular formula is C32H39NO4. The number of nitrogens with one attached hydrogen (secondary N) is 1. The Morgan fingerprint density at radius 1 is 1.05 bits per heavy atom. The lowest BCUT2D eigenvalue weighted by Crippen LogP contribution is -2.51. The van der Waals surface area contributed by atoms with E-state index < -0.39 is 29.1 Å². The van der Waals surface area contributed by atoms with Gasteiger partial charge in [-0.25, -0.2) is 0 Å². The Morgan fingerprint density at radius 2 is 1.76 bits per heavy atom. The Kier molecular flexibility index (Phi) is 5.43. The summed E-state index contributed by atoms with van der Waals surface area (Å²) >= 11 is 0. The van der Waals surface area contributed by atoms with Gasteiger partial charge in [0.15, 0.2) is 5.78 Å². The lowest BCUT2D eigenvalue weighted by molar-refractivity contribution is -0.141. The van der Waals surface area contributed by atoms with Crippen molar-refractivity contribution < 1.29 is 19.1 Å². The Bertz CT molecular complexity index is 1220. The average Bonchev–Trinajstić information content (AvgIpc) is 3.23. The van der Waals surface area contributed by atoms with Gasteiger partial charge in [-0.15, -0.1) is 6.58 Å². The fourth-order valence-electron chi connectivity index (χ4n) is 9.90. The second-order valence-corrected chi connectivity index (χ2v) is 13.3. The zero-order valence-corrected chi connectivity index (χ0v) is 22.6. The number of Topliss-reactive ketones (excluding diaryl/α,β-unsaturated/α-hetero) is 1. The summed E-state index contributed by atoms with van der Waals surface area (Å²) in [6, 6.07) is 7.95. The minimum absolute atomic E-state index is 0.0265. The van der Waals surface area contributed by atoms with Crippen LogP contribution in [0.5, 0.6) is 5.75 Å². The van der Waals surface area contributed by atoms with Crippen molar-refractivity contribution >= 4 is 17.6 Å². The van der Waals surface area contributed by atoms with Crippen molar-refractivity contribution in [3.63, 3.8) is 0 Å². The Labute approximate surface area is 220 Å². The molecule has 0 spiro atoms. The first-order chi connectivity index (χ1) is 17.5. The third-order valence-electron chi connectivity index (χ3n) is 10.8. The third kappa shape index (κ3) is 3.38. The summed E-state index contributed by atoms with van der Waals surface area (Å²) < 4.78 is 6.95. The molecule has 2 saturated carbocycles. The first kappa shape index (κ1) is 24.6. The first-order valence-corrected chi connectivity index (χ1v) is 14.0. The number of carbonyl (C=O) groups excluding carboxylic acids is 3. The molecule has 5 nitrogen and oxygen atoms in total. The number of benzene rings is 1. The Balaban J connectivity index is 1.61. The van der Waals surface area contributed by atoms with E-state index in [1.54, 1.807) is 0 Å². The van der Waals surface area contributed by atoms with Gasteiger partial charge < -0.3 is 4.74 Å². The minimum Gasteiger partial charge on any atom is -0.490 e. The van der Waals surface area contributed by atoms with E-state index in [1.165, 1.54) is 5.57 Å². The molecule has 1 aromatic rings. The van der Waals surface area contributed by atoms with Crippen LogP contribution in [0.1, 0.15) is 53.0 Å². The van der Waals surface area contributed by atoms with Crippen molar-refractivity contribution in [1.82, 2.24) is 5.32 Å². The monoisotopic (exact) mass is 501 g/mol. The lowest BCUT2D eigenvalue weighted by atomic mass is 9.53. The van der Waals surface area contributed by atoms with Crippen molar-refractivity contribution in [3.8, 4) is 5.75 Å². The summed E-state index contributed by atoms with van der Waals surface area (Å²) in [7, 11) is 0. The van der Waals surface area contributed by atoms with Crippen molar-refractivity contribution in [2.75, 3.05) is 0 Å². The van der Waals surface area contributed by atoms with Gasteiger partial charge in [0.1, 0.15) is 17.8 Å². The van der Waals surface area contributed by atoms with E-state index in [0.717, 1.165) is 24.2 Å². The fourth-order valence-corrected chi connectivity index (χ4v) is 9.90. The van der Waals surface area contributed by atoms with Crippen LogP contribution in [0.25, 0.3) is 0 Å². The molecule has 5 heteroatoms. The molecule has 37 heavy (non-hydrogen) atoms. The standard InChI is InChI=1S/C32H39NO4/c1-7-31(5)15-18(4)24-23-26(31)27(34)22-21(29(35)33-30(22)36)13-19-8-10-20(11-9-19)37-28(23)25-17(3)12-16(2)14-32(24,25)6/h7-11,15-17,21-26,28H,1,12-14H2,2-6H3,(H,33,35,36)/t16-,17-,21+,22+,23+,24-,25+,26-,28+,31-,32-/m1/s1. The predicted octanol–water partition coefficient (Wildman–Crippen LogP) is 5.15. The molecule has 0 aromatic heterocycles. The van der Waals surface area contributed by atoms with E-state index in [9.17, 15) is 14.4 Å². The van der Waals surface area contributed by atoms with Gasteiger partial charge in [-0.2, -0.15) is 0 Å². The number of carbonyl (C=O) groups is 3. The quantitative estimate of drug-likeness (QED) is 0.328. The number of ketones is 1. The summed E-state index contributed by atoms with van der Waals surface area (Å²) in [6.45, 7) is 15.6. The maximum absolute atomic E-state index is 14.7. The molecule has 6 aliphatic rings. The molecule has 3 fully saturated rings. The predicted molar refractivity (Wildman–Crippen MR) is 141 cm³/mol. The second kappa shape index (κ2) is 8.15. The smallest absolute Gasteiger partial charge is 0.237 e. The van der Waals surface area contributed by atoms with Crippen LogP contribution in [0.2, 0.25) is 0 Å². The van der Waals surface area contributed by atoms with Crippen LogP contribution in [-0.4, -0.2) is 23.7 Å². The molecule has 11 atom stereocenters. The number of imide groups is 1. The molecule has 3 aliphatic heterocycles. The van der Waals surface area contributed by atoms with Crippen molar-refractivity contribution in [3.05, 3.63) is 54.1 Å². The van der Waals surface area contributed by atoms with E-state index in [-0.39, 0.29) is 41.0 Å². The van der Waals surface area contributed by atoms with Gasteiger partial charge in [0.2, 0.25) is 11.8 Å². The average molecular weight is 502 g/mol. The van der Waals surface area contributed by atoms with Crippen LogP contribution >= 0.6 is 0 Å². The molecule has 1 saturated heterocycles. The largest absolute Gasteiger partial charge is 0.490 e. The van der Waals surface area contributed by atoms with Crippen LogP contribution in [-0.2, 0) is 20.8 Å². The first-order valence-electron chi connectivity index (χ1n) is 14.0. The summed E-state index contributed by atoms with van der Waals surface area (Å²) in [5.41, 5.74) is 1.56. The molecule has 1 N–H and O–H groups in total. The van der Waals surface area contributed by atoms with Gasteiger partial charge >= 0.3 is 0 Å². The number of allylic oxidation sites excluding steroid dienone is 3. The molecule has 0 radical (unpaired) electrons. The molecule has 0 unspecified atom stereocenters. The van der Waals surface area contributed by atoms with E-state index in [1.807, 2.05) is 30.3 Å². The Hall–Kier alpha value is -2.69. The van der Waals surface area contributed by atoms with Crippen LogP contribution in [0.3, 0.4) is 0 Å². The Morgan fingerprint density at radius 3 is 2.43 bits per heavy atom. The summed E-state index contributed by atoms with van der Waals surface area (Å²) in [5, 5.41) is 2.49. The van der Waals surface area contributed by atoms with E-state index in [2.05, 4.69) is 52.6 Å². The number of ether oxygens (including phenoxy) is 1. The number of hydrogen-bond acceptors (Lipinski definition) is 4. The number of amides is 2. The second-order valence-electron chi connectivity index (χ2n) is 13.3. The van der Waals surface area contributed by atoms with Crippen LogP contribution in [0.4, 0.5) is 0 Å². The van der Waals surface area contributed by atoms with Gasteiger partial charge in [0.05, 0.1) is 5.92 Å². The van der Waals surface area contributed by atoms with Gasteiger partial charge in [-0.05, 0) is 67.1 Å². The molecular weight excluding hydrogens is 462 g/mol. The SMILES string of the molecule is C=C[C@]1(C)C=C(C)[C@@H]2[C@@H]3[C@H](Oc4ccc(cc4)C[C@@H]4C(=O)NC(=O)[C@@H]4C(=O)[C@@H]31)[C@@H]1[C@H](C)C[C@@H](C)C[C@@]12C. The fraction of sp³-hybridized carbons (Fsp3) is 0.594. The summed E-state index contributed by atoms with van der Waals surface area (Å²) in [6.07, 6.45) is 6.53. The van der Waals surface area contributed by atoms with Gasteiger partial charge in [0.25, 0.3) is 0 Å². The van der Waals surface area contributed by atoms with E-state index in [0.29, 0.717) is 18.3 Å². The molecule has 196 valence electrons. The molecule has 2 bridgehead atoms. The van der Waals surface area contributed by atoms with Gasteiger partial charge in [-0.1, -0.05) is 57.6 Å². The van der Waals surface area contributed by atoms with Gasteiger partial charge in [0, 0.05) is 23.2 Å². The number of fused-ring (bicyclic) bond motifs is 4. The number of rotatable bonds is 1. The van der Waals surface area contributed by atoms with E-state index >= 15 is 0 Å². The highest BCUT2D eigenvalue weighted by Gasteiger charge is 2.68. The maximum atomic E-state index is 14.7. The highest BCUT2D eigenvalue weighted by molar-refractivity contribution is 6.16. The van der Waals surface area contributed by atoms with Crippen LogP contribution in [0, 0.1) is 58.2 Å². The highest BCUT2D eigenvalue weighted by Crippen LogP contribution is 2.68. The molecule has 3 aliphatic carbocycles. The topological polar surface area (TPSA) is 72.5 Å². The lowest BCUT2D eigenvalue weighted by Gasteiger charge is -2.50. The third-order valence-corrected chi connectivity index (χ3v) is 10.8. The maximum Gasteiger partial charge on any atom is 0.237 e. The molecule has 2 amide bonds. The molecule has 7 rings (SSSR count). The summed E-state index contributed by atoms with van der Waals surface area (Å²) in [4.78, 5) is 40.9. The van der Waals surface area contributed by atoms with Crippen LogP contribution < -0.4 is 10.1 Å². The molecule has 3 heterocycles. The normalized spacial score (nSPS) is 46.5. The van der Waals surface area contributed by atoms with Gasteiger partial charge in [-0.3, -0.25) is 19.7 Å². The van der Waals surface area contributed by atoms with Crippen molar-refractivity contribution in [2.24, 2.45) is 58.2 Å². The van der Waals surface area contributed by atoms with Crippen molar-refractivity contribution in [1.29, 1.82) is 0 Å². The van der Waals surface area contributed by atoms with Crippen molar-refractivity contribution in [2.45, 2.75) is 60.0 Å². The number of hydrogen-bond donors (Lipinski definition) is 1. The minimum atomic E-state index is -0.990. The van der Waals surface area contributed by atoms with Crippen LogP contribution in [0.15, 0.2) is 48.6 Å². The van der Waals surface area contributed by atoms with E-state index in [4.69, 9.17) is 4.74 Å². The molecule has 1 aromatic carbocycles. The summed E-state index contributed by atoms with van der Waals surface area (Å²) in [5.74, 6) is -0.911.